The van der Waals surface area contributed by atoms with Gasteiger partial charge >= 0.3 is 0 Å². The topological polar surface area (TPSA) is 56.7 Å². The summed E-state index contributed by atoms with van der Waals surface area (Å²) in [5.74, 6) is 0.752. The Morgan fingerprint density at radius 2 is 1.35 bits per heavy atom. The van der Waals surface area contributed by atoms with Crippen LogP contribution in [0.1, 0.15) is 0 Å². The molecule has 0 saturated heterocycles. The zero-order valence-electron chi connectivity index (χ0n) is 27.2. The van der Waals surface area contributed by atoms with Crippen molar-refractivity contribution in [3.63, 3.8) is 0 Å². The van der Waals surface area contributed by atoms with Crippen LogP contribution in [-0.2, 0) is 20.1 Å². The number of hydrogen-bond donors (Lipinski definition) is 0. The number of para-hydroxylation sites is 2. The van der Waals surface area contributed by atoms with Crippen molar-refractivity contribution in [2.24, 2.45) is 0 Å². The van der Waals surface area contributed by atoms with E-state index < -0.39 is 0 Å². The molecule has 4 aromatic heterocycles. The Labute approximate surface area is 308 Å². The van der Waals surface area contributed by atoms with Gasteiger partial charge < -0.3 is 14.0 Å². The molecule has 10 rings (SSSR count). The molecule has 5 nitrogen and oxygen atoms in total. The minimum absolute atomic E-state index is 0. The first-order chi connectivity index (χ1) is 24.8. The SMILES string of the molecule is [Ir].[c-]1ccc2c(oc3cc(-c4ccccc4)ccc32)c1-c1nc2cc3ccccc3nc2n1-c1ccccc1.[c-]1ccccc1-c1ccccn1. The predicted molar refractivity (Wildman–Crippen MR) is 202 cm³/mol. The van der Waals surface area contributed by atoms with Crippen LogP contribution in [0, 0.1) is 12.1 Å². The Kier molecular flexibility index (Phi) is 8.77. The fourth-order valence-electron chi connectivity index (χ4n) is 6.39. The molecule has 1 radical (unpaired) electrons. The van der Waals surface area contributed by atoms with Gasteiger partial charge in [-0.05, 0) is 53.2 Å². The van der Waals surface area contributed by atoms with E-state index in [0.717, 1.165) is 83.5 Å². The monoisotopic (exact) mass is 833 g/mol. The van der Waals surface area contributed by atoms with Gasteiger partial charge in [-0.3, -0.25) is 4.98 Å². The molecule has 0 unspecified atom stereocenters. The average Bonchev–Trinajstić information content (AvgIpc) is 3.76. The molecule has 0 amide bonds. The van der Waals surface area contributed by atoms with Crippen LogP contribution in [0.15, 0.2) is 174 Å². The largest absolute Gasteiger partial charge is 0.501 e. The summed E-state index contributed by atoms with van der Waals surface area (Å²) in [4.78, 5) is 14.3. The van der Waals surface area contributed by atoms with Crippen LogP contribution in [0.3, 0.4) is 0 Å². The molecule has 4 heterocycles. The second-order valence-electron chi connectivity index (χ2n) is 11.9. The normalized spacial score (nSPS) is 11.0. The van der Waals surface area contributed by atoms with Crippen LogP contribution in [0.2, 0.25) is 0 Å². The third kappa shape index (κ3) is 6.12. The Bertz CT molecular complexity index is 2710. The molecule has 0 spiro atoms. The molecule has 6 heteroatoms. The van der Waals surface area contributed by atoms with Gasteiger partial charge in [0.05, 0.1) is 22.4 Å². The Morgan fingerprint density at radius 1 is 0.569 bits per heavy atom. The van der Waals surface area contributed by atoms with Gasteiger partial charge in [0.1, 0.15) is 5.58 Å². The molecule has 10 aromatic rings. The third-order valence-electron chi connectivity index (χ3n) is 8.76. The molecule has 0 atom stereocenters. The molecule has 0 aliphatic carbocycles. The van der Waals surface area contributed by atoms with Gasteiger partial charge in [0, 0.05) is 42.8 Å². The molecule has 0 bridgehead atoms. The third-order valence-corrected chi connectivity index (χ3v) is 8.76. The van der Waals surface area contributed by atoms with Gasteiger partial charge in [-0.25, -0.2) is 4.98 Å². The second-order valence-corrected chi connectivity index (χ2v) is 11.9. The summed E-state index contributed by atoms with van der Waals surface area (Å²) in [7, 11) is 0. The maximum Gasteiger partial charge on any atom is 0.156 e. The zero-order valence-corrected chi connectivity index (χ0v) is 29.6. The quantitative estimate of drug-likeness (QED) is 0.166. The summed E-state index contributed by atoms with van der Waals surface area (Å²) in [5.41, 5.74) is 10.3. The van der Waals surface area contributed by atoms with Gasteiger partial charge in [0.15, 0.2) is 5.65 Å². The number of pyridine rings is 2. The van der Waals surface area contributed by atoms with Gasteiger partial charge in [-0.15, -0.1) is 54.1 Å². The van der Waals surface area contributed by atoms with Gasteiger partial charge in [0.25, 0.3) is 0 Å². The molecule has 0 saturated carbocycles. The van der Waals surface area contributed by atoms with Crippen molar-refractivity contribution in [3.05, 3.63) is 182 Å². The van der Waals surface area contributed by atoms with E-state index in [-0.39, 0.29) is 20.1 Å². The fourth-order valence-corrected chi connectivity index (χ4v) is 6.39. The summed E-state index contributed by atoms with van der Waals surface area (Å²) in [5, 5.41) is 3.17. The summed E-state index contributed by atoms with van der Waals surface area (Å²) in [6, 6.07) is 61.5. The van der Waals surface area contributed by atoms with E-state index in [1.165, 1.54) is 0 Å². The standard InChI is InChI=1S/C34H20N3O.C11H8N.Ir/c1-3-10-22(11-4-1)23-18-19-26-27-15-9-16-28(32(27)38-31(26)21-23)33-36-30-20-24-12-7-8-17-29(24)35-34(30)37(33)25-13-5-2-6-14-25;1-2-6-10(7-3-1)11-8-4-5-9-12-11;/h1-15,17-21H;1-6,8-9H;/q2*-1;. The van der Waals surface area contributed by atoms with Crippen molar-refractivity contribution in [2.45, 2.75) is 0 Å². The Balaban J connectivity index is 0.000000245. The van der Waals surface area contributed by atoms with E-state index in [4.69, 9.17) is 14.4 Å². The predicted octanol–water partition coefficient (Wildman–Crippen LogP) is 11.2. The summed E-state index contributed by atoms with van der Waals surface area (Å²) < 4.78 is 8.67. The Morgan fingerprint density at radius 3 is 2.16 bits per heavy atom. The maximum atomic E-state index is 6.56. The number of imidazole rings is 1. The van der Waals surface area contributed by atoms with Crippen LogP contribution in [0.5, 0.6) is 0 Å². The second kappa shape index (κ2) is 14.0. The number of furan rings is 1. The van der Waals surface area contributed by atoms with E-state index in [9.17, 15) is 0 Å². The van der Waals surface area contributed by atoms with Gasteiger partial charge in [-0.1, -0.05) is 102 Å². The number of aromatic nitrogens is 4. The smallest absolute Gasteiger partial charge is 0.156 e. The van der Waals surface area contributed by atoms with Crippen molar-refractivity contribution in [1.29, 1.82) is 0 Å². The van der Waals surface area contributed by atoms with E-state index in [1.54, 1.807) is 6.20 Å². The van der Waals surface area contributed by atoms with Crippen LogP contribution in [0.4, 0.5) is 0 Å². The number of rotatable bonds is 4. The minimum atomic E-state index is 0. The first-order valence-corrected chi connectivity index (χ1v) is 16.4. The Hall–Kier alpha value is -6.20. The van der Waals surface area contributed by atoms with E-state index in [0.29, 0.717) is 0 Å². The van der Waals surface area contributed by atoms with Crippen molar-refractivity contribution < 1.29 is 24.5 Å². The first-order valence-electron chi connectivity index (χ1n) is 16.4. The molecular weight excluding hydrogens is 805 g/mol. The summed E-state index contributed by atoms with van der Waals surface area (Å²) in [6.07, 6.45) is 1.79. The van der Waals surface area contributed by atoms with Gasteiger partial charge in [0.2, 0.25) is 0 Å². The zero-order chi connectivity index (χ0) is 33.3. The van der Waals surface area contributed by atoms with E-state index >= 15 is 0 Å². The van der Waals surface area contributed by atoms with Crippen LogP contribution >= 0.6 is 0 Å². The van der Waals surface area contributed by atoms with Crippen molar-refractivity contribution in [2.75, 3.05) is 0 Å². The molecule has 6 aromatic carbocycles. The molecule has 0 aliphatic heterocycles. The number of fused-ring (bicyclic) bond motifs is 5. The van der Waals surface area contributed by atoms with Crippen molar-refractivity contribution in [1.82, 2.24) is 19.5 Å². The van der Waals surface area contributed by atoms with Crippen molar-refractivity contribution in [3.8, 4) is 39.5 Å². The molecule has 51 heavy (non-hydrogen) atoms. The first kappa shape index (κ1) is 32.0. The minimum Gasteiger partial charge on any atom is -0.501 e. The molecule has 0 N–H and O–H groups in total. The van der Waals surface area contributed by atoms with Crippen molar-refractivity contribution >= 4 is 44.0 Å². The summed E-state index contributed by atoms with van der Waals surface area (Å²) >= 11 is 0. The van der Waals surface area contributed by atoms with Crippen LogP contribution in [-0.4, -0.2) is 19.5 Å². The van der Waals surface area contributed by atoms with E-state index in [2.05, 4.69) is 94.5 Å². The van der Waals surface area contributed by atoms with E-state index in [1.807, 2.05) is 91.0 Å². The molecule has 245 valence electrons. The average molecular weight is 833 g/mol. The number of benzene rings is 6. The maximum absolute atomic E-state index is 6.56. The summed E-state index contributed by atoms with van der Waals surface area (Å²) in [6.45, 7) is 0. The molecule has 0 fully saturated rings. The number of nitrogens with zero attached hydrogens (tertiary/aromatic N) is 4. The van der Waals surface area contributed by atoms with Gasteiger partial charge in [-0.2, -0.15) is 0 Å². The van der Waals surface area contributed by atoms with Crippen LogP contribution in [0.25, 0.3) is 83.5 Å². The number of hydrogen-bond acceptors (Lipinski definition) is 4. The fraction of sp³-hybridized carbons (Fsp3) is 0. The molecule has 0 aliphatic rings. The molecular formula is C45H28IrN4O-2. The van der Waals surface area contributed by atoms with Crippen LogP contribution < -0.4 is 0 Å².